The second-order valence-electron chi connectivity index (χ2n) is 11.3. The van der Waals surface area contributed by atoms with Crippen LogP contribution in [-0.2, 0) is 0 Å². The molecule has 0 spiro atoms. The van der Waals surface area contributed by atoms with Crippen LogP contribution in [0.5, 0.6) is 0 Å². The minimum absolute atomic E-state index is 0.173. The molecule has 0 radical (unpaired) electrons. The van der Waals surface area contributed by atoms with Gasteiger partial charge in [0, 0.05) is 10.8 Å². The molecule has 0 saturated heterocycles. The summed E-state index contributed by atoms with van der Waals surface area (Å²) in [5.41, 5.74) is 8.94. The Kier molecular flexibility index (Phi) is 4.81. The van der Waals surface area contributed by atoms with E-state index in [1.54, 1.807) is 6.07 Å². The summed E-state index contributed by atoms with van der Waals surface area (Å²) in [6.45, 7) is 0. The van der Waals surface area contributed by atoms with Gasteiger partial charge in [0.05, 0.1) is 6.85 Å². The first-order valence-corrected chi connectivity index (χ1v) is 15.0. The first-order valence-electron chi connectivity index (χ1n) is 17.5. The lowest BCUT2D eigenvalue weighted by Crippen LogP contribution is -1.91. The smallest absolute Gasteiger partial charge is 0.135 e. The maximum atomic E-state index is 8.55. The van der Waals surface area contributed by atoms with Gasteiger partial charge in [0.1, 0.15) is 11.2 Å². The number of benzene rings is 8. The number of furan rings is 1. The van der Waals surface area contributed by atoms with Crippen LogP contribution in [0.15, 0.2) is 174 Å². The molecule has 0 aliphatic rings. The molecular formula is C44H28O. The van der Waals surface area contributed by atoms with E-state index in [2.05, 4.69) is 109 Å². The van der Waals surface area contributed by atoms with Crippen LogP contribution in [0.25, 0.3) is 88.0 Å². The van der Waals surface area contributed by atoms with Crippen molar-refractivity contribution >= 4 is 43.5 Å². The monoisotopic (exact) mass is 577 g/mol. The highest BCUT2D eigenvalue weighted by Crippen LogP contribution is 2.45. The molecular weight excluding hydrogens is 544 g/mol. The van der Waals surface area contributed by atoms with Gasteiger partial charge in [-0.25, -0.2) is 0 Å². The van der Waals surface area contributed by atoms with Crippen LogP contribution >= 0.6 is 0 Å². The predicted octanol–water partition coefficient (Wildman–Crippen LogP) is 12.6. The van der Waals surface area contributed by atoms with Gasteiger partial charge in [0.15, 0.2) is 0 Å². The second kappa shape index (κ2) is 10.4. The Hall–Kier alpha value is -5.92. The van der Waals surface area contributed by atoms with E-state index >= 15 is 0 Å². The first kappa shape index (κ1) is 20.9. The van der Waals surface area contributed by atoms with Crippen molar-refractivity contribution in [2.75, 3.05) is 0 Å². The van der Waals surface area contributed by atoms with Crippen LogP contribution in [0.1, 0.15) is 6.85 Å². The van der Waals surface area contributed by atoms with Crippen LogP contribution in [0.3, 0.4) is 0 Å². The fourth-order valence-corrected chi connectivity index (χ4v) is 6.72. The molecule has 45 heavy (non-hydrogen) atoms. The average molecular weight is 578 g/mol. The Labute approximate surface area is 268 Å². The molecule has 1 heterocycles. The fourth-order valence-electron chi connectivity index (χ4n) is 6.72. The summed E-state index contributed by atoms with van der Waals surface area (Å²) in [5.74, 6) is 0. The molecule has 0 amide bonds. The third kappa shape index (κ3) is 4.24. The van der Waals surface area contributed by atoms with Crippen molar-refractivity contribution in [2.45, 2.75) is 0 Å². The van der Waals surface area contributed by atoms with E-state index in [4.69, 9.17) is 11.3 Å². The van der Waals surface area contributed by atoms with E-state index in [0.29, 0.717) is 16.7 Å². The quantitative estimate of drug-likeness (QED) is 0.190. The molecule has 0 N–H and O–H groups in total. The molecule has 0 unspecified atom stereocenters. The maximum Gasteiger partial charge on any atom is 0.135 e. The van der Waals surface area contributed by atoms with Crippen LogP contribution in [-0.4, -0.2) is 0 Å². The summed E-state index contributed by atoms with van der Waals surface area (Å²) < 4.78 is 47.8. The Morgan fingerprint density at radius 2 is 0.800 bits per heavy atom. The molecule has 8 aromatic carbocycles. The highest BCUT2D eigenvalue weighted by Gasteiger charge is 2.18. The lowest BCUT2D eigenvalue weighted by atomic mass is 9.85. The van der Waals surface area contributed by atoms with E-state index in [1.165, 1.54) is 16.7 Å². The van der Waals surface area contributed by atoms with E-state index in [0.717, 1.165) is 49.0 Å². The molecule has 9 rings (SSSR count). The van der Waals surface area contributed by atoms with E-state index in [9.17, 15) is 0 Å². The highest BCUT2D eigenvalue weighted by molar-refractivity contribution is 6.22. The normalized spacial score (nSPS) is 13.1. The van der Waals surface area contributed by atoms with Crippen molar-refractivity contribution in [1.29, 1.82) is 0 Å². The number of hydrogen-bond donors (Lipinski definition) is 0. The molecule has 0 saturated carbocycles. The zero-order valence-electron chi connectivity index (χ0n) is 29.2. The number of rotatable bonds is 4. The third-order valence-corrected chi connectivity index (χ3v) is 8.74. The molecule has 0 bridgehead atoms. The Morgan fingerprint density at radius 1 is 0.333 bits per heavy atom. The van der Waals surface area contributed by atoms with Gasteiger partial charge >= 0.3 is 0 Å². The van der Waals surface area contributed by atoms with Gasteiger partial charge in [0.2, 0.25) is 0 Å². The van der Waals surface area contributed by atoms with Gasteiger partial charge in [-0.1, -0.05) is 139 Å². The molecule has 1 aromatic heterocycles. The van der Waals surface area contributed by atoms with Gasteiger partial charge < -0.3 is 4.42 Å². The minimum atomic E-state index is -0.405. The average Bonchev–Trinajstić information content (AvgIpc) is 3.53. The Bertz CT molecular complexity index is 2730. The first-order chi connectivity index (χ1) is 24.4. The summed E-state index contributed by atoms with van der Waals surface area (Å²) in [5, 5.41) is 6.30. The highest BCUT2D eigenvalue weighted by atomic mass is 16.3. The van der Waals surface area contributed by atoms with Crippen molar-refractivity contribution in [3.8, 4) is 44.5 Å². The maximum absolute atomic E-state index is 8.55. The van der Waals surface area contributed by atoms with E-state index < -0.39 is 6.04 Å². The molecule has 1 heteroatoms. The standard InChI is InChI=1S/C44H28O/c1-3-12-29(13-4-1)31-16-11-17-33(26-31)43-35-18-7-9-20-37(35)44(38-21-10-8-19-36(38)43)34-23-25-42-40(28-34)39-27-32(22-24-41(39)45-42)30-14-5-2-6-15-30/h1-28H/i2D,5D,6D,14D,15D. The number of fused-ring (bicyclic) bond motifs is 5. The lowest BCUT2D eigenvalue weighted by Gasteiger charge is -2.18. The zero-order valence-corrected chi connectivity index (χ0v) is 24.2. The third-order valence-electron chi connectivity index (χ3n) is 8.74. The minimum Gasteiger partial charge on any atom is -0.456 e. The van der Waals surface area contributed by atoms with Crippen molar-refractivity contribution < 1.29 is 11.3 Å². The zero-order chi connectivity index (χ0) is 34.1. The molecule has 210 valence electrons. The van der Waals surface area contributed by atoms with Gasteiger partial charge in [0.25, 0.3) is 0 Å². The van der Waals surface area contributed by atoms with Crippen molar-refractivity contribution in [1.82, 2.24) is 0 Å². The van der Waals surface area contributed by atoms with Crippen molar-refractivity contribution in [3.63, 3.8) is 0 Å². The van der Waals surface area contributed by atoms with Gasteiger partial charge in [-0.05, 0) is 96.4 Å². The fraction of sp³-hybridized carbons (Fsp3) is 0. The molecule has 0 aliphatic heterocycles. The second-order valence-corrected chi connectivity index (χ2v) is 11.3. The topological polar surface area (TPSA) is 13.1 Å². The SMILES string of the molecule is [2H]c1c([2H])c([2H])c(-c2ccc3oc4ccc(-c5c6ccccc6c(-c6cccc(-c7ccccc7)c6)c6ccccc56)cc4c3c2)c([2H])c1[2H]. The summed E-state index contributed by atoms with van der Waals surface area (Å²) >= 11 is 0. The summed E-state index contributed by atoms with van der Waals surface area (Å²) in [6.07, 6.45) is 0. The molecule has 0 fully saturated rings. The lowest BCUT2D eigenvalue weighted by molar-refractivity contribution is 0.669. The van der Waals surface area contributed by atoms with E-state index in [1.807, 2.05) is 24.3 Å². The Balaban J connectivity index is 1.28. The molecule has 0 atom stereocenters. The van der Waals surface area contributed by atoms with Crippen LogP contribution in [0.2, 0.25) is 0 Å². The van der Waals surface area contributed by atoms with Gasteiger partial charge in [-0.2, -0.15) is 0 Å². The van der Waals surface area contributed by atoms with Crippen LogP contribution in [0, 0.1) is 0 Å². The van der Waals surface area contributed by atoms with Gasteiger partial charge in [-0.3, -0.25) is 0 Å². The summed E-state index contributed by atoms with van der Waals surface area (Å²) in [6, 6.07) is 46.5. The number of hydrogen-bond acceptors (Lipinski definition) is 1. The largest absolute Gasteiger partial charge is 0.456 e. The molecule has 1 nitrogen and oxygen atoms in total. The van der Waals surface area contributed by atoms with Crippen LogP contribution in [0.4, 0.5) is 0 Å². The molecule has 9 aromatic rings. The summed E-state index contributed by atoms with van der Waals surface area (Å²) in [4.78, 5) is 0. The van der Waals surface area contributed by atoms with Crippen molar-refractivity contribution in [3.05, 3.63) is 170 Å². The van der Waals surface area contributed by atoms with E-state index in [-0.39, 0.29) is 29.7 Å². The van der Waals surface area contributed by atoms with Crippen LogP contribution < -0.4 is 0 Å². The predicted molar refractivity (Wildman–Crippen MR) is 190 cm³/mol. The van der Waals surface area contributed by atoms with Gasteiger partial charge in [-0.15, -0.1) is 0 Å². The summed E-state index contributed by atoms with van der Waals surface area (Å²) in [7, 11) is 0. The Morgan fingerprint density at radius 3 is 1.42 bits per heavy atom. The van der Waals surface area contributed by atoms with Crippen molar-refractivity contribution in [2.24, 2.45) is 0 Å². The molecule has 0 aliphatic carbocycles.